The molecule has 0 radical (unpaired) electrons. The van der Waals surface area contributed by atoms with Crippen molar-refractivity contribution >= 4 is 0 Å². The van der Waals surface area contributed by atoms with E-state index in [2.05, 4.69) is 5.18 Å². The van der Waals surface area contributed by atoms with Gasteiger partial charge in [0.1, 0.15) is 6.54 Å². The van der Waals surface area contributed by atoms with Crippen molar-refractivity contribution in [1.82, 2.24) is 0 Å². The minimum atomic E-state index is 0.159. The van der Waals surface area contributed by atoms with Crippen LogP contribution in [-0.4, -0.2) is 0 Å². The van der Waals surface area contributed by atoms with Gasteiger partial charge in [0.25, 0.3) is 0 Å². The highest BCUT2D eigenvalue weighted by atomic mass is 16.3. The Bertz CT molecular complexity index is 261. The van der Waals surface area contributed by atoms with Crippen molar-refractivity contribution < 1.29 is 5.18 Å². The highest BCUT2D eigenvalue weighted by molar-refractivity contribution is 5.22. The van der Waals surface area contributed by atoms with Gasteiger partial charge in [-0.1, -0.05) is 23.4 Å². The highest BCUT2D eigenvalue weighted by Crippen LogP contribution is 2.04. The lowest BCUT2D eigenvalue weighted by Gasteiger charge is -1.94. The fourth-order valence-corrected chi connectivity index (χ4v) is 0.996. The second-order valence-corrected chi connectivity index (χ2v) is 2.43. The predicted octanol–water partition coefficient (Wildman–Crippen LogP) is 0.300. The molecule has 0 atom stereocenters. The van der Waals surface area contributed by atoms with Gasteiger partial charge in [-0.3, -0.25) is 0 Å². The van der Waals surface area contributed by atoms with Crippen LogP contribution >= 0.6 is 0 Å². The van der Waals surface area contributed by atoms with Gasteiger partial charge in [0, 0.05) is 10.5 Å². The molecule has 0 aliphatic rings. The molecule has 1 rings (SSSR count). The van der Waals surface area contributed by atoms with E-state index in [1.165, 1.54) is 0 Å². The molecule has 0 amide bonds. The van der Waals surface area contributed by atoms with E-state index >= 15 is 0 Å². The van der Waals surface area contributed by atoms with Crippen LogP contribution in [0.15, 0.2) is 29.4 Å². The lowest BCUT2D eigenvalue weighted by atomic mass is 10.1. The first-order chi connectivity index (χ1) is 5.86. The molecule has 1 aromatic rings. The summed E-state index contributed by atoms with van der Waals surface area (Å²) in [6, 6.07) is 7.20. The van der Waals surface area contributed by atoms with E-state index in [9.17, 15) is 9.81 Å². The third kappa shape index (κ3) is 2.23. The molecule has 0 bridgehead atoms. The molecule has 4 nitrogen and oxygen atoms in total. The average Bonchev–Trinajstić information content (AvgIpc) is 2.06. The SMILES string of the molecule is O=NCc1cccc(C[NH+]=O)c1. The smallest absolute Gasteiger partial charge is 0.150 e. The van der Waals surface area contributed by atoms with Crippen molar-refractivity contribution in [2.75, 3.05) is 0 Å². The Kier molecular flexibility index (Phi) is 3.07. The van der Waals surface area contributed by atoms with Crippen LogP contribution in [-0.2, 0) is 13.1 Å². The summed E-state index contributed by atoms with van der Waals surface area (Å²) < 4.78 is 0. The van der Waals surface area contributed by atoms with Crippen molar-refractivity contribution in [1.29, 1.82) is 0 Å². The Morgan fingerprint density at radius 1 is 1.33 bits per heavy atom. The van der Waals surface area contributed by atoms with E-state index in [0.29, 0.717) is 0 Å². The van der Waals surface area contributed by atoms with Crippen LogP contribution < -0.4 is 5.18 Å². The van der Waals surface area contributed by atoms with Crippen LogP contribution in [0, 0.1) is 9.81 Å². The summed E-state index contributed by atoms with van der Waals surface area (Å²) in [6.07, 6.45) is 0. The second kappa shape index (κ2) is 4.33. The van der Waals surface area contributed by atoms with Gasteiger partial charge >= 0.3 is 0 Å². The Morgan fingerprint density at radius 3 is 2.75 bits per heavy atom. The molecule has 1 aromatic carbocycles. The zero-order valence-corrected chi connectivity index (χ0v) is 6.49. The maximum atomic E-state index is 10.0. The summed E-state index contributed by atoms with van der Waals surface area (Å²) >= 11 is 0. The number of nitroso groups, excluding NO2 is 2. The monoisotopic (exact) mass is 165 g/mol. The Hall–Kier alpha value is -1.58. The molecule has 0 saturated carbocycles. The van der Waals surface area contributed by atoms with E-state index in [4.69, 9.17) is 0 Å². The Balaban J connectivity index is 2.79. The summed E-state index contributed by atoms with van der Waals surface area (Å²) in [5, 5.41) is 4.55. The summed E-state index contributed by atoms with van der Waals surface area (Å²) in [5.74, 6) is 0. The standard InChI is InChI=1S/C8H8N2O2/c11-9-5-7-2-1-3-8(4-7)6-10-12/h1-4H,5-6H2/p+1. The van der Waals surface area contributed by atoms with Crippen molar-refractivity contribution in [3.05, 3.63) is 45.2 Å². The molecular weight excluding hydrogens is 156 g/mol. The van der Waals surface area contributed by atoms with E-state index < -0.39 is 0 Å². The first kappa shape index (κ1) is 8.52. The fraction of sp³-hybridized carbons (Fsp3) is 0.250. The largest absolute Gasteiger partial charge is 0.214 e. The van der Waals surface area contributed by atoms with Crippen molar-refractivity contribution in [2.45, 2.75) is 13.1 Å². The second-order valence-electron chi connectivity index (χ2n) is 2.43. The van der Waals surface area contributed by atoms with E-state index in [1.807, 2.05) is 6.07 Å². The van der Waals surface area contributed by atoms with Gasteiger partial charge in [0.15, 0.2) is 0 Å². The van der Waals surface area contributed by atoms with Gasteiger partial charge < -0.3 is 0 Å². The van der Waals surface area contributed by atoms with Crippen molar-refractivity contribution in [3.63, 3.8) is 0 Å². The van der Waals surface area contributed by atoms with Gasteiger partial charge in [-0.25, -0.2) is 0 Å². The molecular formula is C8H9N2O2+. The maximum Gasteiger partial charge on any atom is 0.214 e. The minimum absolute atomic E-state index is 0.159. The van der Waals surface area contributed by atoms with Gasteiger partial charge in [-0.05, 0) is 16.8 Å². The summed E-state index contributed by atoms with van der Waals surface area (Å²) in [4.78, 5) is 19.9. The number of nitrogens with one attached hydrogen (secondary N) is 1. The van der Waals surface area contributed by atoms with Crippen LogP contribution in [0.5, 0.6) is 0 Å². The van der Waals surface area contributed by atoms with Crippen LogP contribution in [0.4, 0.5) is 0 Å². The highest BCUT2D eigenvalue weighted by Gasteiger charge is 1.97. The number of rotatable bonds is 4. The van der Waals surface area contributed by atoms with E-state index in [-0.39, 0.29) is 13.1 Å². The zero-order chi connectivity index (χ0) is 8.81. The van der Waals surface area contributed by atoms with E-state index in [1.54, 1.807) is 23.4 Å². The zero-order valence-electron chi connectivity index (χ0n) is 6.49. The maximum absolute atomic E-state index is 10.0. The molecule has 62 valence electrons. The number of hydrogen-bond donors (Lipinski definition) is 1. The molecule has 0 aliphatic carbocycles. The van der Waals surface area contributed by atoms with Crippen molar-refractivity contribution in [2.24, 2.45) is 5.18 Å². The third-order valence-electron chi connectivity index (χ3n) is 1.51. The lowest BCUT2D eigenvalue weighted by Crippen LogP contribution is -2.61. The predicted molar refractivity (Wildman–Crippen MR) is 44.0 cm³/mol. The lowest BCUT2D eigenvalue weighted by molar-refractivity contribution is -0.498. The number of nitrogens with zero attached hydrogens (tertiary/aromatic N) is 1. The van der Waals surface area contributed by atoms with Gasteiger partial charge in [-0.2, -0.15) is 4.91 Å². The number of hydrogen-bond acceptors (Lipinski definition) is 3. The summed E-state index contributed by atoms with van der Waals surface area (Å²) in [7, 11) is 0. The molecule has 0 aromatic heterocycles. The summed E-state index contributed by atoms with van der Waals surface area (Å²) in [6.45, 7) is 0.430. The molecule has 12 heavy (non-hydrogen) atoms. The van der Waals surface area contributed by atoms with E-state index in [0.717, 1.165) is 11.1 Å². The molecule has 1 N–H and O–H groups in total. The Labute approximate surface area is 69.6 Å². The normalized spacial score (nSPS) is 9.33. The van der Waals surface area contributed by atoms with Gasteiger partial charge in [-0.15, -0.1) is 0 Å². The summed E-state index contributed by atoms with van der Waals surface area (Å²) in [5.41, 5.74) is 1.70. The van der Waals surface area contributed by atoms with Crippen LogP contribution in [0.25, 0.3) is 0 Å². The average molecular weight is 165 g/mol. The fourth-order valence-electron chi connectivity index (χ4n) is 0.996. The molecule has 0 fully saturated rings. The molecule has 0 unspecified atom stereocenters. The quantitative estimate of drug-likeness (QED) is 0.652. The molecule has 0 saturated heterocycles. The Morgan fingerprint density at radius 2 is 2.08 bits per heavy atom. The van der Waals surface area contributed by atoms with Crippen molar-refractivity contribution in [3.8, 4) is 0 Å². The molecule has 0 heterocycles. The van der Waals surface area contributed by atoms with Crippen LogP contribution in [0.2, 0.25) is 0 Å². The first-order valence-electron chi connectivity index (χ1n) is 3.58. The topological polar surface area (TPSA) is 60.5 Å². The molecule has 0 spiro atoms. The number of benzene rings is 1. The first-order valence-corrected chi connectivity index (χ1v) is 3.58. The minimum Gasteiger partial charge on any atom is -0.150 e. The van der Waals surface area contributed by atoms with Crippen LogP contribution in [0.3, 0.4) is 0 Å². The van der Waals surface area contributed by atoms with Gasteiger partial charge in [0.05, 0.1) is 0 Å². The molecule has 0 aliphatic heterocycles. The van der Waals surface area contributed by atoms with Crippen LogP contribution in [0.1, 0.15) is 11.1 Å². The third-order valence-corrected chi connectivity index (χ3v) is 1.51. The van der Waals surface area contributed by atoms with Gasteiger partial charge in [0.2, 0.25) is 6.54 Å². The molecule has 4 heteroatoms.